The monoisotopic (exact) mass is 256 g/mol. The fraction of sp³-hybridized carbons (Fsp3) is 0.929. The van der Waals surface area contributed by atoms with Crippen molar-refractivity contribution in [3.05, 3.63) is 0 Å². The third-order valence-corrected chi connectivity index (χ3v) is 3.93. The van der Waals surface area contributed by atoms with Crippen LogP contribution >= 0.6 is 0 Å². The molecule has 1 amide bonds. The Morgan fingerprint density at radius 3 is 2.50 bits per heavy atom. The third-order valence-electron chi connectivity index (χ3n) is 3.93. The highest BCUT2D eigenvalue weighted by atomic mass is 16.5. The van der Waals surface area contributed by atoms with Gasteiger partial charge >= 0.3 is 0 Å². The van der Waals surface area contributed by atoms with Crippen LogP contribution in [0.4, 0.5) is 0 Å². The number of methoxy groups -OCH3 is 1. The van der Waals surface area contributed by atoms with Gasteiger partial charge in [0.2, 0.25) is 5.91 Å². The summed E-state index contributed by atoms with van der Waals surface area (Å²) in [6.45, 7) is 4.50. The number of nitrogens with two attached hydrogens (primary N) is 1. The van der Waals surface area contributed by atoms with Gasteiger partial charge in [-0.25, -0.2) is 0 Å². The number of hydrogen-bond donors (Lipinski definition) is 2. The van der Waals surface area contributed by atoms with E-state index in [0.717, 1.165) is 19.3 Å². The molecule has 18 heavy (non-hydrogen) atoms. The lowest BCUT2D eigenvalue weighted by Crippen LogP contribution is -2.39. The van der Waals surface area contributed by atoms with Gasteiger partial charge < -0.3 is 15.8 Å². The first kappa shape index (κ1) is 15.4. The first-order valence-electron chi connectivity index (χ1n) is 7.00. The van der Waals surface area contributed by atoms with Crippen molar-refractivity contribution in [2.24, 2.45) is 11.7 Å². The number of carbonyl (C=O) groups excluding carboxylic acids is 1. The van der Waals surface area contributed by atoms with Gasteiger partial charge in [-0.1, -0.05) is 0 Å². The van der Waals surface area contributed by atoms with Crippen LogP contribution in [0.5, 0.6) is 0 Å². The molecule has 1 rings (SSSR count). The predicted octanol–water partition coefficient (Wildman–Crippen LogP) is 1.83. The van der Waals surface area contributed by atoms with Crippen molar-refractivity contribution in [3.8, 4) is 0 Å². The highest BCUT2D eigenvalue weighted by molar-refractivity contribution is 5.75. The molecule has 0 radical (unpaired) electrons. The van der Waals surface area contributed by atoms with E-state index in [0.29, 0.717) is 24.9 Å². The summed E-state index contributed by atoms with van der Waals surface area (Å²) in [5, 5.41) is 2.93. The molecule has 0 aliphatic heterocycles. The molecule has 106 valence electrons. The van der Waals surface area contributed by atoms with Gasteiger partial charge in [0.25, 0.3) is 0 Å². The Bertz CT molecular complexity index is 259. The van der Waals surface area contributed by atoms with Crippen molar-refractivity contribution in [2.75, 3.05) is 13.7 Å². The van der Waals surface area contributed by atoms with Gasteiger partial charge in [-0.05, 0) is 51.9 Å². The van der Waals surface area contributed by atoms with Crippen molar-refractivity contribution in [1.82, 2.24) is 5.32 Å². The second-order valence-electron chi connectivity index (χ2n) is 6.06. The maximum absolute atomic E-state index is 11.7. The van der Waals surface area contributed by atoms with Gasteiger partial charge in [-0.15, -0.1) is 0 Å². The predicted molar refractivity (Wildman–Crippen MR) is 73.3 cm³/mol. The summed E-state index contributed by atoms with van der Waals surface area (Å²) in [5.41, 5.74) is 5.59. The number of nitrogens with one attached hydrogen (secondary N) is 1. The Balaban J connectivity index is 2.13. The molecule has 0 saturated heterocycles. The first-order valence-corrected chi connectivity index (χ1v) is 7.00. The van der Waals surface area contributed by atoms with Gasteiger partial charge in [0.15, 0.2) is 0 Å². The zero-order valence-corrected chi connectivity index (χ0v) is 12.0. The summed E-state index contributed by atoms with van der Waals surface area (Å²) in [7, 11) is 1.66. The molecule has 0 unspecified atom stereocenters. The van der Waals surface area contributed by atoms with E-state index < -0.39 is 0 Å². The van der Waals surface area contributed by atoms with Crippen molar-refractivity contribution in [1.29, 1.82) is 0 Å². The molecule has 0 bridgehead atoms. The summed E-state index contributed by atoms with van der Waals surface area (Å²) in [5.74, 6) is 0.820. The summed E-state index contributed by atoms with van der Waals surface area (Å²) >= 11 is 0. The van der Waals surface area contributed by atoms with E-state index in [1.54, 1.807) is 7.11 Å². The van der Waals surface area contributed by atoms with E-state index in [1.807, 2.05) is 13.8 Å². The van der Waals surface area contributed by atoms with E-state index in [4.69, 9.17) is 10.5 Å². The normalized spacial score (nSPS) is 24.9. The number of carbonyl (C=O) groups is 1. The molecule has 0 atom stereocenters. The summed E-state index contributed by atoms with van der Waals surface area (Å²) < 4.78 is 5.27. The minimum Gasteiger partial charge on any atom is -0.377 e. The van der Waals surface area contributed by atoms with E-state index in [-0.39, 0.29) is 11.5 Å². The average Bonchev–Trinajstić information content (AvgIpc) is 2.36. The molecule has 4 nitrogen and oxygen atoms in total. The maximum Gasteiger partial charge on any atom is 0.220 e. The first-order chi connectivity index (χ1) is 8.43. The molecule has 0 heterocycles. The second-order valence-corrected chi connectivity index (χ2v) is 6.06. The highest BCUT2D eigenvalue weighted by Crippen LogP contribution is 2.26. The second kappa shape index (κ2) is 7.10. The van der Waals surface area contributed by atoms with Gasteiger partial charge in [-0.3, -0.25) is 4.79 Å². The number of rotatable bonds is 6. The zero-order chi connectivity index (χ0) is 13.6. The lowest BCUT2D eigenvalue weighted by Gasteiger charge is -2.26. The molecule has 1 saturated carbocycles. The average molecular weight is 256 g/mol. The molecule has 0 aromatic rings. The van der Waals surface area contributed by atoms with Crippen molar-refractivity contribution < 1.29 is 9.53 Å². The number of ether oxygens (including phenoxy) is 1. The minimum absolute atomic E-state index is 0.134. The smallest absolute Gasteiger partial charge is 0.220 e. The molecule has 1 fully saturated rings. The van der Waals surface area contributed by atoms with Crippen LogP contribution in [0.1, 0.15) is 52.4 Å². The van der Waals surface area contributed by atoms with Crippen molar-refractivity contribution in [3.63, 3.8) is 0 Å². The zero-order valence-electron chi connectivity index (χ0n) is 12.0. The Morgan fingerprint density at radius 1 is 1.33 bits per heavy atom. The molecule has 0 aromatic heterocycles. The molecule has 1 aliphatic carbocycles. The van der Waals surface area contributed by atoms with Gasteiger partial charge in [0.1, 0.15) is 0 Å². The van der Waals surface area contributed by atoms with Crippen molar-refractivity contribution >= 4 is 5.91 Å². The van der Waals surface area contributed by atoms with Crippen LogP contribution < -0.4 is 11.1 Å². The number of amides is 1. The molecule has 0 aromatic carbocycles. The summed E-state index contributed by atoms with van der Waals surface area (Å²) in [4.78, 5) is 11.7. The Labute approximate surface area is 111 Å². The minimum atomic E-state index is -0.284. The van der Waals surface area contributed by atoms with Gasteiger partial charge in [-0.2, -0.15) is 0 Å². The molecule has 1 aliphatic rings. The maximum atomic E-state index is 11.7. The van der Waals surface area contributed by atoms with E-state index in [1.165, 1.54) is 12.8 Å². The van der Waals surface area contributed by atoms with Crippen molar-refractivity contribution in [2.45, 2.75) is 64.0 Å². The lowest BCUT2D eigenvalue weighted by molar-refractivity contribution is -0.122. The molecular weight excluding hydrogens is 228 g/mol. The largest absolute Gasteiger partial charge is 0.377 e. The number of hydrogen-bond acceptors (Lipinski definition) is 3. The molecular formula is C14H28N2O2. The standard InChI is InChI=1S/C14H28N2O2/c1-14(2,18-3)10-16-13(17)9-6-11-4-7-12(15)8-5-11/h11-12H,4-10,15H2,1-3H3,(H,16,17). The van der Waals surface area contributed by atoms with E-state index >= 15 is 0 Å². The lowest BCUT2D eigenvalue weighted by atomic mass is 9.84. The topological polar surface area (TPSA) is 64.3 Å². The van der Waals surface area contributed by atoms with Crippen LogP contribution in [0, 0.1) is 5.92 Å². The van der Waals surface area contributed by atoms with Crippen LogP contribution in [0.3, 0.4) is 0 Å². The van der Waals surface area contributed by atoms with Crippen LogP contribution in [-0.2, 0) is 9.53 Å². The Morgan fingerprint density at radius 2 is 1.94 bits per heavy atom. The Kier molecular flexibility index (Phi) is 6.09. The van der Waals surface area contributed by atoms with E-state index in [9.17, 15) is 4.79 Å². The van der Waals surface area contributed by atoms with E-state index in [2.05, 4.69) is 5.32 Å². The summed E-state index contributed by atoms with van der Waals surface area (Å²) in [6, 6.07) is 0.387. The molecule has 0 spiro atoms. The summed E-state index contributed by atoms with van der Waals surface area (Å²) in [6.07, 6.45) is 6.20. The van der Waals surface area contributed by atoms with Crippen LogP contribution in [0.15, 0.2) is 0 Å². The highest BCUT2D eigenvalue weighted by Gasteiger charge is 2.20. The van der Waals surface area contributed by atoms with Gasteiger partial charge in [0.05, 0.1) is 5.60 Å². The van der Waals surface area contributed by atoms with Crippen LogP contribution in [0.25, 0.3) is 0 Å². The fourth-order valence-corrected chi connectivity index (χ4v) is 2.28. The van der Waals surface area contributed by atoms with Crippen LogP contribution in [-0.4, -0.2) is 31.2 Å². The third kappa shape index (κ3) is 5.83. The Hall–Kier alpha value is -0.610. The van der Waals surface area contributed by atoms with Gasteiger partial charge in [0, 0.05) is 26.1 Å². The molecule has 4 heteroatoms. The molecule has 3 N–H and O–H groups in total. The quantitative estimate of drug-likeness (QED) is 0.762. The fourth-order valence-electron chi connectivity index (χ4n) is 2.28. The van der Waals surface area contributed by atoms with Crippen LogP contribution in [0.2, 0.25) is 0 Å². The SMILES string of the molecule is COC(C)(C)CNC(=O)CCC1CCC(N)CC1.